The molecule has 19 heavy (non-hydrogen) atoms. The summed E-state index contributed by atoms with van der Waals surface area (Å²) in [6.07, 6.45) is 1.19. The number of hydrogen-bond acceptors (Lipinski definition) is 5. The highest BCUT2D eigenvalue weighted by molar-refractivity contribution is 5.95. The third kappa shape index (κ3) is 1.90. The molecule has 3 aromatic rings. The van der Waals surface area contributed by atoms with Crippen LogP contribution in [0.5, 0.6) is 0 Å². The summed E-state index contributed by atoms with van der Waals surface area (Å²) in [5.41, 5.74) is 5.55. The molecular weight excluding hydrogens is 249 g/mol. The summed E-state index contributed by atoms with van der Waals surface area (Å²) < 4.78 is 14.6. The van der Waals surface area contributed by atoms with Gasteiger partial charge < -0.3 is 5.73 Å². The lowest BCUT2D eigenvalue weighted by molar-refractivity contribution is 0.0940. The molecule has 1 aromatic carbocycles. The summed E-state index contributed by atoms with van der Waals surface area (Å²) in [7, 11) is 0. The fourth-order valence-electron chi connectivity index (χ4n) is 1.72. The fourth-order valence-corrected chi connectivity index (χ4v) is 1.72. The van der Waals surface area contributed by atoms with Gasteiger partial charge in [0.2, 0.25) is 5.95 Å². The van der Waals surface area contributed by atoms with Crippen LogP contribution >= 0.6 is 0 Å². The molecule has 0 aliphatic carbocycles. The molecule has 0 amide bonds. The number of aromatic nitrogens is 4. The second-order valence-corrected chi connectivity index (χ2v) is 3.86. The summed E-state index contributed by atoms with van der Waals surface area (Å²) in [4.78, 5) is 19.7. The van der Waals surface area contributed by atoms with Crippen molar-refractivity contribution in [3.63, 3.8) is 0 Å². The number of benzene rings is 1. The van der Waals surface area contributed by atoms with Crippen LogP contribution in [0.4, 0.5) is 10.3 Å². The van der Waals surface area contributed by atoms with E-state index in [0.717, 1.165) is 4.68 Å². The quantitative estimate of drug-likeness (QED) is 0.708. The monoisotopic (exact) mass is 257 g/mol. The highest BCUT2D eigenvalue weighted by atomic mass is 19.1. The summed E-state index contributed by atoms with van der Waals surface area (Å²) in [5.74, 6) is -1.01. The summed E-state index contributed by atoms with van der Waals surface area (Å²) in [6, 6.07) is 7.71. The molecule has 0 aliphatic rings. The van der Waals surface area contributed by atoms with Crippen LogP contribution < -0.4 is 5.73 Å². The number of rotatable bonds is 1. The molecule has 0 atom stereocenters. The van der Waals surface area contributed by atoms with E-state index in [1.165, 1.54) is 18.5 Å². The van der Waals surface area contributed by atoms with Crippen LogP contribution in [0.15, 0.2) is 36.7 Å². The normalized spacial score (nSPS) is 10.8. The number of nitrogens with zero attached hydrogens (tertiary/aromatic N) is 4. The van der Waals surface area contributed by atoms with Gasteiger partial charge in [-0.1, -0.05) is 18.2 Å². The van der Waals surface area contributed by atoms with Crippen molar-refractivity contribution in [1.29, 1.82) is 0 Å². The largest absolute Gasteiger partial charge is 0.366 e. The third-order valence-electron chi connectivity index (χ3n) is 2.61. The topological polar surface area (TPSA) is 86.7 Å². The SMILES string of the molecule is Nc1ncn(C(=O)c2ccc3cccc(F)c3n2)n1. The van der Waals surface area contributed by atoms with Crippen molar-refractivity contribution in [3.8, 4) is 0 Å². The number of carbonyl (C=O) groups is 1. The molecule has 0 spiro atoms. The van der Waals surface area contributed by atoms with Gasteiger partial charge in [0.25, 0.3) is 5.91 Å². The number of carbonyl (C=O) groups excluding carboxylic acids is 1. The lowest BCUT2D eigenvalue weighted by atomic mass is 10.2. The summed E-state index contributed by atoms with van der Waals surface area (Å²) in [6.45, 7) is 0. The molecule has 0 fully saturated rings. The van der Waals surface area contributed by atoms with Gasteiger partial charge >= 0.3 is 0 Å². The average Bonchev–Trinajstić information content (AvgIpc) is 2.85. The second-order valence-electron chi connectivity index (χ2n) is 3.86. The molecule has 0 saturated carbocycles. The molecule has 0 aliphatic heterocycles. The Kier molecular flexibility index (Phi) is 2.45. The minimum Gasteiger partial charge on any atom is -0.366 e. The molecule has 0 radical (unpaired) electrons. The van der Waals surface area contributed by atoms with Gasteiger partial charge in [-0.05, 0) is 12.1 Å². The molecule has 0 saturated heterocycles. The average molecular weight is 257 g/mol. The van der Waals surface area contributed by atoms with Gasteiger partial charge in [-0.15, -0.1) is 5.10 Å². The Hall–Kier alpha value is -2.83. The van der Waals surface area contributed by atoms with Gasteiger partial charge in [0.15, 0.2) is 0 Å². The first kappa shape index (κ1) is 11.3. The minimum absolute atomic E-state index is 0.0136. The minimum atomic E-state index is -0.519. The lowest BCUT2D eigenvalue weighted by Gasteiger charge is -2.02. The molecule has 2 aromatic heterocycles. The Morgan fingerprint density at radius 1 is 1.26 bits per heavy atom. The van der Waals surface area contributed by atoms with Crippen molar-refractivity contribution in [3.05, 3.63) is 48.2 Å². The molecule has 0 bridgehead atoms. The molecule has 94 valence electrons. The smallest absolute Gasteiger partial charge is 0.298 e. The number of halogens is 1. The Bertz CT molecular complexity index is 783. The number of para-hydroxylation sites is 1. The second kappa shape index (κ2) is 4.13. The molecule has 2 heterocycles. The molecule has 7 heteroatoms. The zero-order valence-electron chi connectivity index (χ0n) is 9.62. The lowest BCUT2D eigenvalue weighted by Crippen LogP contribution is -2.14. The molecule has 0 unspecified atom stereocenters. The molecule has 2 N–H and O–H groups in total. The van der Waals surface area contributed by atoms with Crippen LogP contribution in [0.3, 0.4) is 0 Å². The maximum absolute atomic E-state index is 13.6. The van der Waals surface area contributed by atoms with E-state index in [9.17, 15) is 9.18 Å². The number of hydrogen-bond donors (Lipinski definition) is 1. The Morgan fingerprint density at radius 2 is 2.11 bits per heavy atom. The Labute approximate surface area is 106 Å². The predicted octanol–water partition coefficient (Wildman–Crippen LogP) is 1.24. The predicted molar refractivity (Wildman–Crippen MR) is 65.9 cm³/mol. The first-order chi connectivity index (χ1) is 9.15. The van der Waals surface area contributed by atoms with Crippen molar-refractivity contribution in [2.45, 2.75) is 0 Å². The van der Waals surface area contributed by atoms with Gasteiger partial charge in [-0.2, -0.15) is 4.68 Å². The maximum atomic E-state index is 13.6. The van der Waals surface area contributed by atoms with E-state index < -0.39 is 11.7 Å². The van der Waals surface area contributed by atoms with Gasteiger partial charge in [-0.25, -0.2) is 14.4 Å². The van der Waals surface area contributed by atoms with Crippen molar-refractivity contribution < 1.29 is 9.18 Å². The summed E-state index contributed by atoms with van der Waals surface area (Å²) >= 11 is 0. The highest BCUT2D eigenvalue weighted by Gasteiger charge is 2.13. The number of nitrogens with two attached hydrogens (primary N) is 1. The van der Waals surface area contributed by atoms with E-state index in [1.54, 1.807) is 18.2 Å². The number of pyridine rings is 1. The van der Waals surface area contributed by atoms with Crippen LogP contribution in [0.2, 0.25) is 0 Å². The van der Waals surface area contributed by atoms with E-state index in [-0.39, 0.29) is 17.2 Å². The zero-order chi connectivity index (χ0) is 13.4. The van der Waals surface area contributed by atoms with E-state index in [4.69, 9.17) is 5.73 Å². The van der Waals surface area contributed by atoms with Gasteiger partial charge in [-0.3, -0.25) is 4.79 Å². The maximum Gasteiger partial charge on any atom is 0.298 e. The fraction of sp³-hybridized carbons (Fsp3) is 0. The molecule has 6 nitrogen and oxygen atoms in total. The number of fused-ring (bicyclic) bond motifs is 1. The van der Waals surface area contributed by atoms with E-state index in [2.05, 4.69) is 15.1 Å². The summed E-state index contributed by atoms with van der Waals surface area (Å²) in [5, 5.41) is 4.31. The van der Waals surface area contributed by atoms with Crippen LogP contribution in [-0.4, -0.2) is 25.7 Å². The van der Waals surface area contributed by atoms with Crippen LogP contribution in [0.1, 0.15) is 10.5 Å². The molecule has 3 rings (SSSR count). The van der Waals surface area contributed by atoms with Gasteiger partial charge in [0, 0.05) is 5.39 Å². The van der Waals surface area contributed by atoms with Crippen molar-refractivity contribution in [1.82, 2.24) is 19.7 Å². The Morgan fingerprint density at radius 3 is 2.84 bits per heavy atom. The first-order valence-electron chi connectivity index (χ1n) is 5.42. The Balaban J connectivity index is 2.11. The van der Waals surface area contributed by atoms with Crippen LogP contribution in [-0.2, 0) is 0 Å². The van der Waals surface area contributed by atoms with Crippen LogP contribution in [0, 0.1) is 5.82 Å². The van der Waals surface area contributed by atoms with Crippen molar-refractivity contribution in [2.24, 2.45) is 0 Å². The van der Waals surface area contributed by atoms with E-state index in [1.807, 2.05) is 0 Å². The van der Waals surface area contributed by atoms with Crippen molar-refractivity contribution in [2.75, 3.05) is 5.73 Å². The number of nitrogen functional groups attached to an aromatic ring is 1. The van der Waals surface area contributed by atoms with Crippen molar-refractivity contribution >= 4 is 22.8 Å². The zero-order valence-corrected chi connectivity index (χ0v) is 9.62. The number of anilines is 1. The van der Waals surface area contributed by atoms with Crippen LogP contribution in [0.25, 0.3) is 10.9 Å². The first-order valence-corrected chi connectivity index (χ1v) is 5.42. The molecular formula is C12H8FN5O. The standard InChI is InChI=1S/C12H8FN5O/c13-8-3-1-2-7-4-5-9(16-10(7)8)11(19)18-6-15-12(14)17-18/h1-6H,(H2,14,17). The van der Waals surface area contributed by atoms with E-state index in [0.29, 0.717) is 5.39 Å². The highest BCUT2D eigenvalue weighted by Crippen LogP contribution is 2.16. The third-order valence-corrected chi connectivity index (χ3v) is 2.61. The van der Waals surface area contributed by atoms with Gasteiger partial charge in [0.1, 0.15) is 23.4 Å². The van der Waals surface area contributed by atoms with E-state index >= 15 is 0 Å². The van der Waals surface area contributed by atoms with Gasteiger partial charge in [0.05, 0.1) is 0 Å².